The molecule has 0 saturated heterocycles. The molecule has 0 fully saturated rings. The van der Waals surface area contributed by atoms with E-state index in [1.165, 1.54) is 10.1 Å². The predicted octanol–water partition coefficient (Wildman–Crippen LogP) is 3.24. The van der Waals surface area contributed by atoms with Gasteiger partial charge in [0.2, 0.25) is 0 Å². The van der Waals surface area contributed by atoms with Gasteiger partial charge in [-0.1, -0.05) is 36.8 Å². The van der Waals surface area contributed by atoms with Gasteiger partial charge in [0.15, 0.2) is 0 Å². The molecule has 3 rings (SSSR count). The Morgan fingerprint density at radius 2 is 1.93 bits per heavy atom. The van der Waals surface area contributed by atoms with Gasteiger partial charge in [-0.05, 0) is 37.5 Å². The quantitative estimate of drug-likeness (QED) is 0.894. The highest BCUT2D eigenvalue weighted by atomic mass is 19.3. The summed E-state index contributed by atoms with van der Waals surface area (Å²) in [5.74, 6) is -3.17. The maximum atomic E-state index is 14.3. The van der Waals surface area contributed by atoms with E-state index in [9.17, 15) is 13.6 Å². The fourth-order valence-corrected chi connectivity index (χ4v) is 3.64. The molecular formula is C21H25F2N3O. The second-order valence-electron chi connectivity index (χ2n) is 7.44. The van der Waals surface area contributed by atoms with E-state index < -0.39 is 24.6 Å². The Morgan fingerprint density at radius 3 is 2.56 bits per heavy atom. The average Bonchev–Trinajstić information content (AvgIpc) is 2.76. The first-order valence-corrected chi connectivity index (χ1v) is 9.13. The number of nitrogens with zero attached hydrogens (tertiary/aromatic N) is 2. The van der Waals surface area contributed by atoms with Crippen LogP contribution in [0.25, 0.3) is 0 Å². The molecule has 0 amide bonds. The molecule has 0 spiro atoms. The average molecular weight is 373 g/mol. The number of hydrogen-bond acceptors (Lipinski definition) is 3. The van der Waals surface area contributed by atoms with Crippen LogP contribution in [0.2, 0.25) is 0 Å². The van der Waals surface area contributed by atoms with Crippen LogP contribution in [0.1, 0.15) is 34.9 Å². The number of halogens is 2. The largest absolute Gasteiger partial charge is 0.326 e. The van der Waals surface area contributed by atoms with Crippen molar-refractivity contribution in [3.63, 3.8) is 0 Å². The van der Waals surface area contributed by atoms with E-state index in [1.807, 2.05) is 45.0 Å². The van der Waals surface area contributed by atoms with E-state index in [2.05, 4.69) is 4.99 Å². The van der Waals surface area contributed by atoms with Crippen LogP contribution in [-0.2, 0) is 19.5 Å². The van der Waals surface area contributed by atoms with Crippen molar-refractivity contribution in [2.45, 2.75) is 46.2 Å². The summed E-state index contributed by atoms with van der Waals surface area (Å²) in [6, 6.07) is 9.83. The van der Waals surface area contributed by atoms with Crippen LogP contribution < -0.4 is 11.3 Å². The molecule has 6 heteroatoms. The number of hydrogen-bond donors (Lipinski definition) is 1. The Labute approximate surface area is 157 Å². The molecule has 144 valence electrons. The number of benzene rings is 1. The topological polar surface area (TPSA) is 60.4 Å². The van der Waals surface area contributed by atoms with Gasteiger partial charge in [-0.2, -0.15) is 0 Å². The lowest BCUT2D eigenvalue weighted by atomic mass is 9.92. The van der Waals surface area contributed by atoms with Crippen molar-refractivity contribution in [3.05, 3.63) is 68.6 Å². The number of aryl methyl sites for hydroxylation is 2. The summed E-state index contributed by atoms with van der Waals surface area (Å²) in [4.78, 5) is 17.0. The maximum absolute atomic E-state index is 14.3. The third kappa shape index (κ3) is 4.00. The monoisotopic (exact) mass is 373 g/mol. The molecule has 2 heterocycles. The van der Waals surface area contributed by atoms with Gasteiger partial charge in [0.05, 0.1) is 18.0 Å². The van der Waals surface area contributed by atoms with Crippen LogP contribution in [0.5, 0.6) is 0 Å². The molecule has 4 nitrogen and oxygen atoms in total. The third-order valence-electron chi connectivity index (χ3n) is 5.02. The number of aliphatic imine (C=N–C) groups is 1. The van der Waals surface area contributed by atoms with E-state index >= 15 is 0 Å². The van der Waals surface area contributed by atoms with Gasteiger partial charge in [0.25, 0.3) is 11.5 Å². The third-order valence-corrected chi connectivity index (χ3v) is 5.02. The van der Waals surface area contributed by atoms with Crippen molar-refractivity contribution in [1.82, 2.24) is 4.57 Å². The molecule has 0 radical (unpaired) electrons. The predicted molar refractivity (Wildman–Crippen MR) is 104 cm³/mol. The molecule has 0 bridgehead atoms. The van der Waals surface area contributed by atoms with Crippen LogP contribution in [0.15, 0.2) is 40.1 Å². The first kappa shape index (κ1) is 19.4. The van der Waals surface area contributed by atoms with Gasteiger partial charge in [-0.15, -0.1) is 0 Å². The van der Waals surface area contributed by atoms with E-state index in [1.54, 1.807) is 6.07 Å². The van der Waals surface area contributed by atoms with Crippen LogP contribution in [0.4, 0.5) is 8.78 Å². The summed E-state index contributed by atoms with van der Waals surface area (Å²) in [6.07, 6.45) is 0.664. The van der Waals surface area contributed by atoms with Crippen molar-refractivity contribution >= 4 is 5.71 Å². The van der Waals surface area contributed by atoms with Crippen molar-refractivity contribution in [1.29, 1.82) is 0 Å². The molecule has 27 heavy (non-hydrogen) atoms. The maximum Gasteiger partial charge on any atom is 0.284 e. The fraction of sp³-hybridized carbons (Fsp3) is 0.429. The zero-order valence-electron chi connectivity index (χ0n) is 15.9. The van der Waals surface area contributed by atoms with E-state index in [4.69, 9.17) is 5.73 Å². The van der Waals surface area contributed by atoms with Crippen LogP contribution in [-0.4, -0.2) is 22.7 Å². The Morgan fingerprint density at radius 1 is 1.26 bits per heavy atom. The zero-order valence-corrected chi connectivity index (χ0v) is 15.9. The lowest BCUT2D eigenvalue weighted by Gasteiger charge is -2.21. The molecule has 1 aromatic heterocycles. The number of nitrogens with two attached hydrogens (primary N) is 1. The van der Waals surface area contributed by atoms with Gasteiger partial charge in [-0.25, -0.2) is 8.78 Å². The summed E-state index contributed by atoms with van der Waals surface area (Å²) in [6.45, 7) is 4.55. The van der Waals surface area contributed by atoms with Gasteiger partial charge >= 0.3 is 0 Å². The molecular weight excluding hydrogens is 348 g/mol. The summed E-state index contributed by atoms with van der Waals surface area (Å²) >= 11 is 0. The van der Waals surface area contributed by atoms with Crippen LogP contribution in [0.3, 0.4) is 0 Å². The van der Waals surface area contributed by atoms with Gasteiger partial charge in [0.1, 0.15) is 6.54 Å². The minimum atomic E-state index is -3.07. The summed E-state index contributed by atoms with van der Waals surface area (Å²) in [5.41, 5.74) is 9.63. The van der Waals surface area contributed by atoms with Crippen molar-refractivity contribution < 1.29 is 8.78 Å². The standard InChI is InChI=1S/C21H25F2N3O/c1-13-4-6-16(7-5-13)8-14(2)18-19-15(3)9-17(10-24)20(27)26(19)12-21(22,23)11-25-18/h4-7,9,14H,8,10-12,24H2,1-3H3. The lowest BCUT2D eigenvalue weighted by Crippen LogP contribution is -2.36. The molecule has 1 aliphatic rings. The Balaban J connectivity index is 2.08. The number of rotatable bonds is 4. The Kier molecular flexibility index (Phi) is 5.29. The van der Waals surface area contributed by atoms with Crippen LogP contribution in [0, 0.1) is 19.8 Å². The van der Waals surface area contributed by atoms with Crippen molar-refractivity contribution in [2.75, 3.05) is 6.54 Å². The summed E-state index contributed by atoms with van der Waals surface area (Å²) < 4.78 is 29.8. The molecule has 1 atom stereocenters. The van der Waals surface area contributed by atoms with Gasteiger partial charge < -0.3 is 10.3 Å². The molecule has 0 saturated carbocycles. The van der Waals surface area contributed by atoms with Crippen molar-refractivity contribution in [3.8, 4) is 0 Å². The van der Waals surface area contributed by atoms with E-state index in [0.717, 1.165) is 11.1 Å². The Hall–Kier alpha value is -2.34. The number of pyridine rings is 1. The van der Waals surface area contributed by atoms with Crippen molar-refractivity contribution in [2.24, 2.45) is 16.6 Å². The first-order valence-electron chi connectivity index (χ1n) is 9.13. The fourth-order valence-electron chi connectivity index (χ4n) is 3.64. The zero-order chi connectivity index (χ0) is 19.8. The molecule has 1 aromatic carbocycles. The number of fused-ring (bicyclic) bond motifs is 1. The molecule has 1 aliphatic heterocycles. The minimum Gasteiger partial charge on any atom is -0.326 e. The highest BCUT2D eigenvalue weighted by Crippen LogP contribution is 2.26. The highest BCUT2D eigenvalue weighted by molar-refractivity contribution is 6.02. The molecule has 2 N–H and O–H groups in total. The Bertz CT molecular complexity index is 930. The highest BCUT2D eigenvalue weighted by Gasteiger charge is 2.36. The second-order valence-corrected chi connectivity index (χ2v) is 7.44. The van der Waals surface area contributed by atoms with Gasteiger partial charge in [0, 0.05) is 18.0 Å². The van der Waals surface area contributed by atoms with E-state index in [-0.39, 0.29) is 12.5 Å². The molecule has 2 aromatic rings. The van der Waals surface area contributed by atoms with Crippen LogP contribution >= 0.6 is 0 Å². The smallest absolute Gasteiger partial charge is 0.284 e. The first-order chi connectivity index (χ1) is 12.7. The summed E-state index contributed by atoms with van der Waals surface area (Å²) in [7, 11) is 0. The minimum absolute atomic E-state index is 0.0247. The number of alkyl halides is 2. The lowest BCUT2D eigenvalue weighted by molar-refractivity contribution is -0.00580. The molecule has 1 unspecified atom stereocenters. The van der Waals surface area contributed by atoms with Gasteiger partial charge in [-0.3, -0.25) is 9.79 Å². The number of aromatic nitrogens is 1. The van der Waals surface area contributed by atoms with E-state index in [0.29, 0.717) is 23.4 Å². The second kappa shape index (κ2) is 7.35. The summed E-state index contributed by atoms with van der Waals surface area (Å²) in [5, 5.41) is 0. The SMILES string of the molecule is Cc1ccc(CC(C)C2=NCC(F)(F)Cn3c2c(C)cc(CN)c3=O)cc1. The normalized spacial score (nSPS) is 17.0. The molecule has 0 aliphatic carbocycles.